The molecule has 4 aromatic rings. The van der Waals surface area contributed by atoms with Crippen molar-refractivity contribution in [2.24, 2.45) is 0 Å². The Morgan fingerprint density at radius 2 is 1.85 bits per heavy atom. The lowest BCUT2D eigenvalue weighted by Crippen LogP contribution is -2.04. The number of nitrogens with zero attached hydrogens (tertiary/aromatic N) is 6. The highest BCUT2D eigenvalue weighted by atomic mass is 32.1. The molecule has 132 valence electrons. The van der Waals surface area contributed by atoms with Crippen molar-refractivity contribution >= 4 is 12.2 Å². The average Bonchev–Trinajstić information content (AvgIpc) is 3.29. The first kappa shape index (κ1) is 16.9. The standard InChI is InChI=1S/C19H15N7S/c1-13-2-8-16(9-3-13)26-19(27)17(11-21-26)18-22-23-24-25(18)12-15-6-4-14(10-20)5-7-15/h2-9,11,21H,12H2,1H3. The van der Waals surface area contributed by atoms with Gasteiger partial charge in [0.2, 0.25) is 0 Å². The summed E-state index contributed by atoms with van der Waals surface area (Å²) in [7, 11) is 0. The molecule has 0 aliphatic carbocycles. The number of aromatic nitrogens is 6. The summed E-state index contributed by atoms with van der Waals surface area (Å²) in [5.41, 5.74) is 4.50. The number of rotatable bonds is 4. The van der Waals surface area contributed by atoms with Crippen molar-refractivity contribution in [2.75, 3.05) is 0 Å². The second kappa shape index (κ2) is 6.97. The first-order chi connectivity index (χ1) is 13.2. The lowest BCUT2D eigenvalue weighted by Gasteiger charge is -2.04. The van der Waals surface area contributed by atoms with Gasteiger partial charge in [0.15, 0.2) is 5.82 Å². The Hall–Kier alpha value is -3.57. The number of H-pyrrole nitrogens is 1. The molecule has 0 spiro atoms. The molecule has 0 fully saturated rings. The number of benzene rings is 2. The van der Waals surface area contributed by atoms with Crippen LogP contribution in [0.1, 0.15) is 16.7 Å². The van der Waals surface area contributed by atoms with Crippen molar-refractivity contribution in [3.63, 3.8) is 0 Å². The van der Waals surface area contributed by atoms with E-state index < -0.39 is 0 Å². The average molecular weight is 373 g/mol. The van der Waals surface area contributed by atoms with Gasteiger partial charge in [-0.2, -0.15) is 5.26 Å². The minimum atomic E-state index is 0.485. The fourth-order valence-corrected chi connectivity index (χ4v) is 3.09. The van der Waals surface area contributed by atoms with Crippen LogP contribution >= 0.6 is 12.2 Å². The Kier molecular flexibility index (Phi) is 4.36. The van der Waals surface area contributed by atoms with Crippen LogP contribution in [0.5, 0.6) is 0 Å². The van der Waals surface area contributed by atoms with Gasteiger partial charge in [-0.15, -0.1) is 5.10 Å². The van der Waals surface area contributed by atoms with Crippen molar-refractivity contribution in [2.45, 2.75) is 13.5 Å². The molecule has 27 heavy (non-hydrogen) atoms. The van der Waals surface area contributed by atoms with Crippen LogP contribution in [0.25, 0.3) is 17.1 Å². The maximum Gasteiger partial charge on any atom is 0.186 e. The number of nitriles is 1. The van der Waals surface area contributed by atoms with Crippen LogP contribution in [0.4, 0.5) is 0 Å². The molecular formula is C19H15N7S. The Morgan fingerprint density at radius 1 is 1.11 bits per heavy atom. The number of hydrogen-bond donors (Lipinski definition) is 1. The van der Waals surface area contributed by atoms with Crippen molar-refractivity contribution in [3.8, 4) is 23.1 Å². The topological polar surface area (TPSA) is 88.1 Å². The molecule has 0 amide bonds. The van der Waals surface area contributed by atoms with Gasteiger partial charge in [0.1, 0.15) is 4.64 Å². The molecule has 1 N–H and O–H groups in total. The normalized spacial score (nSPS) is 10.7. The van der Waals surface area contributed by atoms with Gasteiger partial charge in [0, 0.05) is 6.20 Å². The lowest BCUT2D eigenvalue weighted by atomic mass is 10.1. The van der Waals surface area contributed by atoms with Gasteiger partial charge < -0.3 is 0 Å². The van der Waals surface area contributed by atoms with Crippen molar-refractivity contribution in [1.29, 1.82) is 5.26 Å². The van der Waals surface area contributed by atoms with E-state index in [1.807, 2.05) is 54.2 Å². The SMILES string of the molecule is Cc1ccc(-n2[nH]cc(-c3nnnn3Cc3ccc(C#N)cc3)c2=S)cc1. The molecule has 0 aliphatic rings. The zero-order chi connectivity index (χ0) is 18.8. The summed E-state index contributed by atoms with van der Waals surface area (Å²) in [6.07, 6.45) is 1.81. The highest BCUT2D eigenvalue weighted by molar-refractivity contribution is 7.71. The number of aromatic amines is 1. The minimum Gasteiger partial charge on any atom is -0.299 e. The molecule has 0 radical (unpaired) electrons. The van der Waals surface area contributed by atoms with Crippen LogP contribution in [0, 0.1) is 22.9 Å². The van der Waals surface area contributed by atoms with Crippen LogP contribution in [0.15, 0.2) is 54.7 Å². The van der Waals surface area contributed by atoms with E-state index in [1.165, 1.54) is 5.56 Å². The lowest BCUT2D eigenvalue weighted by molar-refractivity contribution is 0.653. The number of nitrogens with one attached hydrogen (secondary N) is 1. The van der Waals surface area contributed by atoms with Gasteiger partial charge in [-0.3, -0.25) is 5.10 Å². The molecule has 2 aromatic heterocycles. The third-order valence-corrected chi connectivity index (χ3v) is 4.65. The summed E-state index contributed by atoms with van der Waals surface area (Å²) in [4.78, 5) is 0. The van der Waals surface area contributed by atoms with E-state index in [2.05, 4.69) is 26.7 Å². The summed E-state index contributed by atoms with van der Waals surface area (Å²) in [5.74, 6) is 0.589. The molecular weight excluding hydrogens is 358 g/mol. The molecule has 0 bridgehead atoms. The van der Waals surface area contributed by atoms with Crippen LogP contribution in [-0.2, 0) is 6.54 Å². The van der Waals surface area contributed by atoms with Crippen molar-refractivity contribution in [3.05, 3.63) is 76.1 Å². The van der Waals surface area contributed by atoms with Gasteiger partial charge >= 0.3 is 0 Å². The van der Waals surface area contributed by atoms with Crippen LogP contribution < -0.4 is 0 Å². The largest absolute Gasteiger partial charge is 0.299 e. The number of hydrogen-bond acceptors (Lipinski definition) is 5. The Balaban J connectivity index is 1.67. The van der Waals surface area contributed by atoms with E-state index in [9.17, 15) is 0 Å². The highest BCUT2D eigenvalue weighted by Gasteiger charge is 2.14. The van der Waals surface area contributed by atoms with Crippen molar-refractivity contribution in [1.82, 2.24) is 30.0 Å². The summed E-state index contributed by atoms with van der Waals surface area (Å²) < 4.78 is 4.12. The van der Waals surface area contributed by atoms with E-state index >= 15 is 0 Å². The molecule has 7 nitrogen and oxygen atoms in total. The predicted octanol–water partition coefficient (Wildman–Crippen LogP) is 3.42. The minimum absolute atomic E-state index is 0.485. The Labute approximate surface area is 160 Å². The maximum absolute atomic E-state index is 8.91. The second-order valence-corrected chi connectivity index (χ2v) is 6.52. The summed E-state index contributed by atoms with van der Waals surface area (Å²) in [5, 5.41) is 24.1. The molecule has 8 heteroatoms. The smallest absolute Gasteiger partial charge is 0.186 e. The molecule has 0 atom stereocenters. The van der Waals surface area contributed by atoms with E-state index in [0.29, 0.717) is 22.6 Å². The fourth-order valence-electron chi connectivity index (χ4n) is 2.78. The molecule has 0 aliphatic heterocycles. The Morgan fingerprint density at radius 3 is 2.56 bits per heavy atom. The zero-order valence-corrected chi connectivity index (χ0v) is 15.3. The van der Waals surface area contributed by atoms with Crippen LogP contribution in [0.2, 0.25) is 0 Å². The number of tetrazole rings is 1. The van der Waals surface area contributed by atoms with Gasteiger partial charge in [0.25, 0.3) is 0 Å². The molecule has 4 rings (SSSR count). The fraction of sp³-hybridized carbons (Fsp3) is 0.105. The van der Waals surface area contributed by atoms with E-state index in [4.69, 9.17) is 17.5 Å². The molecule has 2 aromatic carbocycles. The monoisotopic (exact) mass is 373 g/mol. The molecule has 0 unspecified atom stereocenters. The molecule has 2 heterocycles. The second-order valence-electron chi connectivity index (χ2n) is 6.13. The third kappa shape index (κ3) is 3.28. The van der Waals surface area contributed by atoms with E-state index in [0.717, 1.165) is 16.8 Å². The first-order valence-corrected chi connectivity index (χ1v) is 8.69. The predicted molar refractivity (Wildman–Crippen MR) is 103 cm³/mol. The zero-order valence-electron chi connectivity index (χ0n) is 14.5. The summed E-state index contributed by atoms with van der Waals surface area (Å²) in [6.45, 7) is 2.53. The maximum atomic E-state index is 8.91. The molecule has 0 saturated heterocycles. The van der Waals surface area contributed by atoms with Gasteiger partial charge in [-0.25, -0.2) is 9.36 Å². The van der Waals surface area contributed by atoms with E-state index in [-0.39, 0.29) is 0 Å². The van der Waals surface area contributed by atoms with Gasteiger partial charge in [-0.05, 0) is 47.2 Å². The van der Waals surface area contributed by atoms with Gasteiger partial charge in [0.05, 0.1) is 29.4 Å². The van der Waals surface area contributed by atoms with E-state index in [1.54, 1.807) is 16.8 Å². The van der Waals surface area contributed by atoms with Crippen molar-refractivity contribution < 1.29 is 0 Å². The Bertz CT molecular complexity index is 1170. The number of aryl methyl sites for hydroxylation is 1. The summed E-state index contributed by atoms with van der Waals surface area (Å²) in [6, 6.07) is 17.5. The molecule has 0 saturated carbocycles. The van der Waals surface area contributed by atoms with Gasteiger partial charge in [-0.1, -0.05) is 42.0 Å². The third-order valence-electron chi connectivity index (χ3n) is 4.25. The quantitative estimate of drug-likeness (QED) is 0.554. The first-order valence-electron chi connectivity index (χ1n) is 8.29. The highest BCUT2D eigenvalue weighted by Crippen LogP contribution is 2.21. The summed E-state index contributed by atoms with van der Waals surface area (Å²) >= 11 is 5.63. The van der Waals surface area contributed by atoms with Crippen LogP contribution in [0.3, 0.4) is 0 Å². The van der Waals surface area contributed by atoms with Crippen LogP contribution in [-0.4, -0.2) is 30.0 Å².